The summed E-state index contributed by atoms with van der Waals surface area (Å²) < 4.78 is 5.29. The van der Waals surface area contributed by atoms with Gasteiger partial charge < -0.3 is 10.1 Å². The molecule has 0 amide bonds. The van der Waals surface area contributed by atoms with Crippen LogP contribution >= 0.6 is 0 Å². The Morgan fingerprint density at radius 1 is 1.21 bits per heavy atom. The van der Waals surface area contributed by atoms with E-state index >= 15 is 0 Å². The molecular formula is C12H25NO. The molecule has 14 heavy (non-hydrogen) atoms. The van der Waals surface area contributed by atoms with Crippen molar-refractivity contribution in [3.63, 3.8) is 0 Å². The van der Waals surface area contributed by atoms with Crippen LogP contribution in [0.5, 0.6) is 0 Å². The van der Waals surface area contributed by atoms with Gasteiger partial charge in [0, 0.05) is 5.54 Å². The van der Waals surface area contributed by atoms with Gasteiger partial charge in [-0.3, -0.25) is 0 Å². The number of nitrogens with one attached hydrogen (secondary N) is 1. The Morgan fingerprint density at radius 3 is 2.07 bits per heavy atom. The van der Waals surface area contributed by atoms with E-state index in [9.17, 15) is 0 Å². The molecule has 0 aromatic carbocycles. The normalized spacial score (nSPS) is 12.4. The molecule has 0 saturated carbocycles. The second kappa shape index (κ2) is 4.72. The van der Waals surface area contributed by atoms with Gasteiger partial charge in [0.05, 0.1) is 6.61 Å². The molecule has 2 nitrogen and oxygen atoms in total. The molecule has 0 spiro atoms. The van der Waals surface area contributed by atoms with Gasteiger partial charge >= 0.3 is 0 Å². The minimum Gasteiger partial charge on any atom is -0.480 e. The topological polar surface area (TPSA) is 21.3 Å². The van der Waals surface area contributed by atoms with Crippen LogP contribution in [0.1, 0.15) is 48.0 Å². The lowest BCUT2D eigenvalue weighted by atomic mass is 9.82. The Kier molecular flexibility index (Phi) is 4.50. The molecule has 0 aliphatic heterocycles. The van der Waals surface area contributed by atoms with Crippen molar-refractivity contribution in [2.75, 3.05) is 6.61 Å². The van der Waals surface area contributed by atoms with Crippen LogP contribution in [-0.4, -0.2) is 12.1 Å². The van der Waals surface area contributed by atoms with Crippen molar-refractivity contribution >= 4 is 0 Å². The van der Waals surface area contributed by atoms with Crippen molar-refractivity contribution in [3.05, 3.63) is 12.5 Å². The van der Waals surface area contributed by atoms with Crippen molar-refractivity contribution in [3.8, 4) is 0 Å². The monoisotopic (exact) mass is 199 g/mol. The van der Waals surface area contributed by atoms with E-state index < -0.39 is 0 Å². The van der Waals surface area contributed by atoms with Crippen LogP contribution in [0.4, 0.5) is 0 Å². The number of ether oxygens (including phenoxy) is 1. The highest BCUT2D eigenvalue weighted by Crippen LogP contribution is 2.27. The molecule has 0 heterocycles. The van der Waals surface area contributed by atoms with Crippen LogP contribution in [0.2, 0.25) is 0 Å². The molecule has 0 radical (unpaired) electrons. The van der Waals surface area contributed by atoms with Gasteiger partial charge in [0.2, 0.25) is 0 Å². The Bertz CT molecular complexity index is 189. The molecule has 0 unspecified atom stereocenters. The Labute approximate surface area is 88.7 Å². The first kappa shape index (κ1) is 13.3. The fourth-order valence-corrected chi connectivity index (χ4v) is 1.96. The van der Waals surface area contributed by atoms with E-state index in [0.717, 1.165) is 6.42 Å². The number of hydrogen-bond donors (Lipinski definition) is 1. The van der Waals surface area contributed by atoms with E-state index in [4.69, 9.17) is 4.74 Å². The van der Waals surface area contributed by atoms with Gasteiger partial charge in [0.25, 0.3) is 0 Å². The van der Waals surface area contributed by atoms with Gasteiger partial charge in [-0.25, -0.2) is 0 Å². The van der Waals surface area contributed by atoms with Crippen LogP contribution < -0.4 is 5.32 Å². The summed E-state index contributed by atoms with van der Waals surface area (Å²) in [5.41, 5.74) is 0.341. The van der Waals surface area contributed by atoms with Gasteiger partial charge in [0.1, 0.15) is 0 Å². The molecular weight excluding hydrogens is 174 g/mol. The summed E-state index contributed by atoms with van der Waals surface area (Å²) in [4.78, 5) is 0. The standard InChI is InChI=1S/C12H25NO/c1-8-14-10(2)13-12(6,7)9-11(3,4)5/h13H,2,8-9H2,1,3-7H3. The van der Waals surface area contributed by atoms with E-state index in [1.807, 2.05) is 6.92 Å². The second-order valence-corrected chi connectivity index (χ2v) is 5.60. The predicted octanol–water partition coefficient (Wildman–Crippen LogP) is 3.30. The SMILES string of the molecule is C=C(NC(C)(C)CC(C)(C)C)OCC. The fraction of sp³-hybridized carbons (Fsp3) is 0.833. The molecule has 0 fully saturated rings. The quantitative estimate of drug-likeness (QED) is 0.686. The predicted molar refractivity (Wildman–Crippen MR) is 62.1 cm³/mol. The highest BCUT2D eigenvalue weighted by atomic mass is 16.5. The first-order valence-electron chi connectivity index (χ1n) is 5.26. The van der Waals surface area contributed by atoms with Crippen LogP contribution in [-0.2, 0) is 4.74 Å². The lowest BCUT2D eigenvalue weighted by molar-refractivity contribution is 0.164. The average molecular weight is 199 g/mol. The summed E-state index contributed by atoms with van der Waals surface area (Å²) in [7, 11) is 0. The van der Waals surface area contributed by atoms with Crippen molar-refractivity contribution in [1.82, 2.24) is 5.32 Å². The second-order valence-electron chi connectivity index (χ2n) is 5.60. The largest absolute Gasteiger partial charge is 0.480 e. The van der Waals surface area contributed by atoms with Crippen LogP contribution in [0.3, 0.4) is 0 Å². The third-order valence-electron chi connectivity index (χ3n) is 1.77. The molecule has 0 bridgehead atoms. The first-order valence-corrected chi connectivity index (χ1v) is 5.26. The molecule has 0 aliphatic carbocycles. The fourth-order valence-electron chi connectivity index (χ4n) is 1.96. The highest BCUT2D eigenvalue weighted by Gasteiger charge is 2.25. The van der Waals surface area contributed by atoms with E-state index in [0.29, 0.717) is 17.9 Å². The molecule has 0 saturated heterocycles. The Hall–Kier alpha value is -0.660. The zero-order chi connectivity index (χ0) is 11.4. The smallest absolute Gasteiger partial charge is 0.179 e. The first-order chi connectivity index (χ1) is 6.16. The molecule has 0 atom stereocenters. The molecule has 0 rings (SSSR count). The van der Waals surface area contributed by atoms with Crippen molar-refractivity contribution < 1.29 is 4.74 Å². The van der Waals surface area contributed by atoms with E-state index in [-0.39, 0.29) is 5.54 Å². The molecule has 0 aromatic heterocycles. The van der Waals surface area contributed by atoms with Gasteiger partial charge in [0.15, 0.2) is 5.88 Å². The summed E-state index contributed by atoms with van der Waals surface area (Å²) in [5, 5.41) is 3.30. The average Bonchev–Trinajstić information content (AvgIpc) is 1.78. The Morgan fingerprint density at radius 2 is 1.71 bits per heavy atom. The van der Waals surface area contributed by atoms with Crippen LogP contribution in [0.25, 0.3) is 0 Å². The lowest BCUT2D eigenvalue weighted by Crippen LogP contribution is -2.42. The molecule has 0 aliphatic rings. The van der Waals surface area contributed by atoms with E-state index in [1.165, 1.54) is 0 Å². The zero-order valence-corrected chi connectivity index (χ0v) is 10.5. The zero-order valence-electron chi connectivity index (χ0n) is 10.5. The minimum atomic E-state index is 0.0322. The van der Waals surface area contributed by atoms with Gasteiger partial charge in [-0.2, -0.15) is 0 Å². The molecule has 2 heteroatoms. The minimum absolute atomic E-state index is 0.0322. The third-order valence-corrected chi connectivity index (χ3v) is 1.77. The van der Waals surface area contributed by atoms with Crippen LogP contribution in [0.15, 0.2) is 12.5 Å². The number of rotatable bonds is 5. The van der Waals surface area contributed by atoms with Crippen molar-refractivity contribution in [2.45, 2.75) is 53.5 Å². The summed E-state index contributed by atoms with van der Waals surface area (Å²) in [6.45, 7) is 17.5. The third kappa shape index (κ3) is 6.81. The maximum atomic E-state index is 5.29. The van der Waals surface area contributed by atoms with Crippen molar-refractivity contribution in [1.29, 1.82) is 0 Å². The maximum absolute atomic E-state index is 5.29. The summed E-state index contributed by atoms with van der Waals surface area (Å²) in [6, 6.07) is 0. The summed E-state index contributed by atoms with van der Waals surface area (Å²) >= 11 is 0. The maximum Gasteiger partial charge on any atom is 0.179 e. The Balaban J connectivity index is 4.13. The van der Waals surface area contributed by atoms with Crippen LogP contribution in [0, 0.1) is 5.41 Å². The van der Waals surface area contributed by atoms with Gasteiger partial charge in [-0.1, -0.05) is 20.8 Å². The molecule has 1 N–H and O–H groups in total. The number of hydrogen-bond acceptors (Lipinski definition) is 2. The molecule has 84 valence electrons. The van der Waals surface area contributed by atoms with Crippen molar-refractivity contribution in [2.24, 2.45) is 5.41 Å². The highest BCUT2D eigenvalue weighted by molar-refractivity contribution is 4.92. The van der Waals surface area contributed by atoms with Gasteiger partial charge in [-0.05, 0) is 39.2 Å². The lowest BCUT2D eigenvalue weighted by Gasteiger charge is -2.34. The van der Waals surface area contributed by atoms with E-state index in [2.05, 4.69) is 46.5 Å². The molecule has 0 aromatic rings. The van der Waals surface area contributed by atoms with E-state index in [1.54, 1.807) is 0 Å². The summed E-state index contributed by atoms with van der Waals surface area (Å²) in [5.74, 6) is 0.668. The summed E-state index contributed by atoms with van der Waals surface area (Å²) in [6.07, 6.45) is 1.08. The van der Waals surface area contributed by atoms with Gasteiger partial charge in [-0.15, -0.1) is 0 Å².